The van der Waals surface area contributed by atoms with Crippen LogP contribution in [-0.2, 0) is 32.5 Å². The lowest BCUT2D eigenvalue weighted by Gasteiger charge is -2.42. The van der Waals surface area contributed by atoms with Gasteiger partial charge in [0.15, 0.2) is 0 Å². The average molecular weight is 1420 g/mol. The number of nitrogens with zero attached hydrogens (tertiary/aromatic N) is 3. The van der Waals surface area contributed by atoms with Crippen molar-refractivity contribution >= 4 is 112 Å². The standard InChI is InChI=1S/C47H46N2S.C32H32BrNS.C15H15N/c1-45(2,3)31-17-27-41-37(29-31)38-30-32(46(4,5)6)18-28-42(38)48(41)33-19-23-35(24-20-33)50-36-25-21-34(22-26-36)49-43-15-11-9-13-39(43)47(7,8)40-14-10-12-16-44(40)49;1-31(2,3)21-7-17-29-27(19-21)28-20-22(32(4,5)6)8-18-30(28)34(29)24-11-15-26(16-12-24)35-25-13-9-23(33)10-14-25;1-15(2)11-7-3-5-9-13(11)16-14-10-6-4-8-12(14)15/h9-30H,1-8H3;7-20H,1-6H3;3-10,16H,1-2H3. The van der Waals surface area contributed by atoms with Crippen molar-refractivity contribution < 1.29 is 0 Å². The molecule has 2 aliphatic heterocycles. The van der Waals surface area contributed by atoms with Crippen LogP contribution in [0.5, 0.6) is 0 Å². The van der Waals surface area contributed by atoms with E-state index in [9.17, 15) is 0 Å². The van der Waals surface area contributed by atoms with Crippen LogP contribution in [0, 0.1) is 0 Å². The summed E-state index contributed by atoms with van der Waals surface area (Å²) in [6, 6.07) is 98.3. The monoisotopic (exact) mass is 1420 g/mol. The maximum atomic E-state index is 3.52. The van der Waals surface area contributed by atoms with E-state index in [1.165, 1.54) is 148 Å². The highest BCUT2D eigenvalue weighted by Gasteiger charge is 2.37. The Hall–Kier alpha value is -8.98. The van der Waals surface area contributed by atoms with Crippen LogP contribution in [0.1, 0.15) is 155 Å². The first-order valence-electron chi connectivity index (χ1n) is 35.6. The van der Waals surface area contributed by atoms with Crippen LogP contribution in [-0.4, -0.2) is 9.13 Å². The lowest BCUT2D eigenvalue weighted by atomic mass is 9.73. The number of rotatable bonds is 7. The molecule has 0 unspecified atom stereocenters. The number of aromatic nitrogens is 2. The number of hydrogen-bond acceptors (Lipinski definition) is 4. The number of hydrogen-bond donors (Lipinski definition) is 1. The highest BCUT2D eigenvalue weighted by Crippen LogP contribution is 2.53. The molecule has 0 radical (unpaired) electrons. The third-order valence-corrected chi connectivity index (χ3v) is 23.2. The van der Waals surface area contributed by atoms with Gasteiger partial charge in [0, 0.05) is 84.9 Å². The fourth-order valence-electron chi connectivity index (χ4n) is 14.7. The van der Waals surface area contributed by atoms with Crippen molar-refractivity contribution in [1.82, 2.24) is 9.13 Å². The molecule has 4 nitrogen and oxygen atoms in total. The quantitative estimate of drug-likeness (QED) is 0.172. The van der Waals surface area contributed by atoms with Crippen LogP contribution in [0.3, 0.4) is 0 Å². The van der Waals surface area contributed by atoms with Crippen molar-refractivity contribution in [2.24, 2.45) is 0 Å². The Morgan fingerprint density at radius 3 is 0.881 bits per heavy atom. The SMILES string of the molecule is CC(C)(C)c1ccc2c(c1)c1cc(C(C)(C)C)ccc1n2-c1ccc(Sc2ccc(Br)cc2)cc1.CC(C)(C)c1ccc2c(c1)c1cc(C(C)(C)C)ccc1n2-c1ccc(Sc2ccc(N3c4ccccc4C(C)(C)c4ccccc43)cc2)cc1.CC1(C)c2ccccc2Nc2ccccc21. The van der Waals surface area contributed by atoms with Gasteiger partial charge in [0.1, 0.15) is 0 Å². The molecule has 7 heteroatoms. The van der Waals surface area contributed by atoms with Gasteiger partial charge in [-0.15, -0.1) is 0 Å². The zero-order valence-electron chi connectivity index (χ0n) is 61.4. The Labute approximate surface area is 616 Å². The van der Waals surface area contributed by atoms with Crippen LogP contribution >= 0.6 is 39.5 Å². The third-order valence-electron chi connectivity index (χ3n) is 20.7. The largest absolute Gasteiger partial charge is 0.355 e. The molecule has 0 fully saturated rings. The predicted octanol–water partition coefficient (Wildman–Crippen LogP) is 28.0. The lowest BCUT2D eigenvalue weighted by molar-refractivity contribution is 0.590. The Morgan fingerprint density at radius 1 is 0.297 bits per heavy atom. The molecule has 101 heavy (non-hydrogen) atoms. The average Bonchev–Trinajstić information content (AvgIpc) is 1.63. The molecule has 4 heterocycles. The van der Waals surface area contributed by atoms with Gasteiger partial charge in [-0.25, -0.2) is 0 Å². The minimum atomic E-state index is -0.0599. The molecule has 1 N–H and O–H groups in total. The van der Waals surface area contributed by atoms with E-state index in [1.54, 1.807) is 11.8 Å². The van der Waals surface area contributed by atoms with E-state index in [4.69, 9.17) is 0 Å². The van der Waals surface area contributed by atoms with E-state index in [0.29, 0.717) is 0 Å². The normalized spacial score (nSPS) is 13.9. The molecule has 2 aliphatic rings. The molecule has 0 amide bonds. The Bertz CT molecular complexity index is 5170. The summed E-state index contributed by atoms with van der Waals surface area (Å²) >= 11 is 7.12. The second kappa shape index (κ2) is 26.4. The lowest BCUT2D eigenvalue weighted by Crippen LogP contribution is -2.30. The van der Waals surface area contributed by atoms with E-state index in [-0.39, 0.29) is 32.5 Å². The van der Waals surface area contributed by atoms with Crippen LogP contribution in [0.2, 0.25) is 0 Å². The zero-order valence-corrected chi connectivity index (χ0v) is 64.7. The van der Waals surface area contributed by atoms with Crippen molar-refractivity contribution in [1.29, 1.82) is 0 Å². The van der Waals surface area contributed by atoms with Gasteiger partial charge in [-0.05, 0) is 236 Å². The Morgan fingerprint density at radius 2 is 0.564 bits per heavy atom. The van der Waals surface area contributed by atoms with E-state index in [2.05, 4.69) is 413 Å². The van der Waals surface area contributed by atoms with E-state index >= 15 is 0 Å². The van der Waals surface area contributed by atoms with Crippen LogP contribution in [0.4, 0.5) is 28.4 Å². The van der Waals surface area contributed by atoms with Gasteiger partial charge in [-0.3, -0.25) is 0 Å². The number of para-hydroxylation sites is 4. The van der Waals surface area contributed by atoms with Crippen molar-refractivity contribution in [3.05, 3.63) is 316 Å². The molecule has 12 aromatic carbocycles. The molecule has 0 aliphatic carbocycles. The van der Waals surface area contributed by atoms with Crippen LogP contribution in [0.25, 0.3) is 55.0 Å². The maximum absolute atomic E-state index is 3.52. The molecule has 14 aromatic rings. The number of halogens is 1. The summed E-state index contributed by atoms with van der Waals surface area (Å²) in [7, 11) is 0. The number of benzene rings is 12. The summed E-state index contributed by atoms with van der Waals surface area (Å²) < 4.78 is 5.95. The fraction of sp³-hybridized carbons (Fsp3) is 0.234. The van der Waals surface area contributed by atoms with E-state index < -0.39 is 0 Å². The smallest absolute Gasteiger partial charge is 0.0541 e. The molecule has 0 bridgehead atoms. The van der Waals surface area contributed by atoms with Gasteiger partial charge in [-0.2, -0.15) is 0 Å². The Kier molecular flexibility index (Phi) is 18.1. The number of nitrogens with one attached hydrogen (secondary N) is 1. The highest BCUT2D eigenvalue weighted by atomic mass is 79.9. The second-order valence-electron chi connectivity index (χ2n) is 32.6. The molecular weight excluding hydrogens is 1330 g/mol. The van der Waals surface area contributed by atoms with Gasteiger partial charge in [0.2, 0.25) is 0 Å². The van der Waals surface area contributed by atoms with E-state index in [0.717, 1.165) is 4.47 Å². The summed E-state index contributed by atoms with van der Waals surface area (Å²) in [4.78, 5) is 7.34. The maximum Gasteiger partial charge on any atom is 0.0541 e. The summed E-state index contributed by atoms with van der Waals surface area (Å²) in [5.41, 5.74) is 24.8. The van der Waals surface area contributed by atoms with Gasteiger partial charge >= 0.3 is 0 Å². The number of fused-ring (bicyclic) bond motifs is 10. The highest BCUT2D eigenvalue weighted by molar-refractivity contribution is 9.10. The summed E-state index contributed by atoms with van der Waals surface area (Å²) in [5.74, 6) is 0. The molecular formula is C94H93BrN4S2. The molecule has 0 saturated heterocycles. The second-order valence-corrected chi connectivity index (χ2v) is 35.8. The minimum Gasteiger partial charge on any atom is -0.355 e. The first-order chi connectivity index (χ1) is 48.0. The number of anilines is 5. The molecule has 0 spiro atoms. The first kappa shape index (κ1) is 69.1. The molecule has 508 valence electrons. The van der Waals surface area contributed by atoms with Crippen LogP contribution in [0.15, 0.2) is 291 Å². The molecule has 16 rings (SSSR count). The summed E-state index contributed by atoms with van der Waals surface area (Å²) in [5, 5.41) is 8.79. The van der Waals surface area contributed by atoms with Gasteiger partial charge in [0.05, 0.1) is 33.4 Å². The van der Waals surface area contributed by atoms with Gasteiger partial charge in [-0.1, -0.05) is 247 Å². The van der Waals surface area contributed by atoms with Gasteiger partial charge in [0.25, 0.3) is 0 Å². The predicted molar refractivity (Wildman–Crippen MR) is 440 cm³/mol. The topological polar surface area (TPSA) is 25.1 Å². The first-order valence-corrected chi connectivity index (χ1v) is 38.0. The summed E-state index contributed by atoms with van der Waals surface area (Å²) in [6.45, 7) is 36.7. The minimum absolute atomic E-state index is 0.0599. The van der Waals surface area contributed by atoms with Crippen LogP contribution < -0.4 is 10.2 Å². The zero-order chi connectivity index (χ0) is 71.1. The molecule has 0 atom stereocenters. The molecule has 0 saturated carbocycles. The van der Waals surface area contributed by atoms with Gasteiger partial charge < -0.3 is 19.4 Å². The van der Waals surface area contributed by atoms with E-state index in [1.807, 2.05) is 11.8 Å². The van der Waals surface area contributed by atoms with Crippen molar-refractivity contribution in [2.45, 2.75) is 163 Å². The third kappa shape index (κ3) is 13.5. The summed E-state index contributed by atoms with van der Waals surface area (Å²) in [6.07, 6.45) is 0. The molecule has 2 aromatic heterocycles. The van der Waals surface area contributed by atoms with Crippen molar-refractivity contribution in [3.8, 4) is 11.4 Å². The van der Waals surface area contributed by atoms with Crippen molar-refractivity contribution in [3.63, 3.8) is 0 Å². The van der Waals surface area contributed by atoms with Crippen molar-refractivity contribution in [2.75, 3.05) is 10.2 Å². The Balaban J connectivity index is 0.000000146. The fourth-order valence-corrected chi connectivity index (χ4v) is 16.6.